The first kappa shape index (κ1) is 16.4. The SMILES string of the molecule is COCC(C)(CCO)NCc1ccc(OC)c(Br)c1. The molecule has 2 N–H and O–H groups in total. The summed E-state index contributed by atoms with van der Waals surface area (Å²) in [5.41, 5.74) is 0.920. The number of nitrogens with one attached hydrogen (secondary N) is 1. The van der Waals surface area contributed by atoms with E-state index in [2.05, 4.69) is 21.2 Å². The molecular formula is C14H22BrNO3. The van der Waals surface area contributed by atoms with E-state index >= 15 is 0 Å². The Labute approximate surface area is 123 Å². The van der Waals surface area contributed by atoms with E-state index in [1.807, 2.05) is 25.1 Å². The molecular weight excluding hydrogens is 310 g/mol. The Balaban J connectivity index is 2.66. The van der Waals surface area contributed by atoms with E-state index in [-0.39, 0.29) is 12.1 Å². The Morgan fingerprint density at radius 3 is 2.63 bits per heavy atom. The zero-order chi connectivity index (χ0) is 14.3. The molecule has 4 nitrogen and oxygen atoms in total. The fourth-order valence-electron chi connectivity index (χ4n) is 1.91. The van der Waals surface area contributed by atoms with Gasteiger partial charge in [-0.1, -0.05) is 6.07 Å². The quantitative estimate of drug-likeness (QED) is 0.767. The largest absolute Gasteiger partial charge is 0.496 e. The number of methoxy groups -OCH3 is 2. The predicted molar refractivity (Wildman–Crippen MR) is 79.5 cm³/mol. The molecule has 1 rings (SSSR count). The van der Waals surface area contributed by atoms with Crippen LogP contribution in [0.1, 0.15) is 18.9 Å². The Morgan fingerprint density at radius 1 is 1.37 bits per heavy atom. The van der Waals surface area contributed by atoms with Gasteiger partial charge >= 0.3 is 0 Å². The maximum atomic E-state index is 9.12. The molecule has 1 aromatic rings. The van der Waals surface area contributed by atoms with E-state index in [1.54, 1.807) is 14.2 Å². The molecule has 0 radical (unpaired) electrons. The van der Waals surface area contributed by atoms with Gasteiger partial charge in [0, 0.05) is 25.8 Å². The molecule has 0 spiro atoms. The summed E-state index contributed by atoms with van der Waals surface area (Å²) in [6.45, 7) is 3.46. The molecule has 0 bridgehead atoms. The number of benzene rings is 1. The van der Waals surface area contributed by atoms with Gasteiger partial charge in [-0.25, -0.2) is 0 Å². The maximum absolute atomic E-state index is 9.12. The normalized spacial score (nSPS) is 14.2. The second-order valence-corrected chi connectivity index (χ2v) is 5.64. The van der Waals surface area contributed by atoms with Crippen LogP contribution in [0.4, 0.5) is 0 Å². The van der Waals surface area contributed by atoms with Gasteiger partial charge in [-0.2, -0.15) is 0 Å². The highest BCUT2D eigenvalue weighted by atomic mass is 79.9. The molecule has 0 saturated heterocycles. The lowest BCUT2D eigenvalue weighted by Crippen LogP contribution is -2.46. The molecule has 0 fully saturated rings. The van der Waals surface area contributed by atoms with Crippen molar-refractivity contribution in [1.29, 1.82) is 0 Å². The van der Waals surface area contributed by atoms with Crippen molar-refractivity contribution in [3.8, 4) is 5.75 Å². The van der Waals surface area contributed by atoms with Crippen molar-refractivity contribution in [1.82, 2.24) is 5.32 Å². The number of aliphatic hydroxyl groups excluding tert-OH is 1. The summed E-state index contributed by atoms with van der Waals surface area (Å²) < 4.78 is 11.3. The van der Waals surface area contributed by atoms with Crippen LogP contribution in [-0.2, 0) is 11.3 Å². The minimum atomic E-state index is -0.226. The number of hydrogen-bond acceptors (Lipinski definition) is 4. The van der Waals surface area contributed by atoms with Gasteiger partial charge in [0.2, 0.25) is 0 Å². The molecule has 0 aliphatic carbocycles. The molecule has 0 amide bonds. The van der Waals surface area contributed by atoms with Crippen molar-refractivity contribution >= 4 is 15.9 Å². The van der Waals surface area contributed by atoms with Gasteiger partial charge in [-0.15, -0.1) is 0 Å². The van der Waals surface area contributed by atoms with Gasteiger partial charge in [0.05, 0.1) is 18.2 Å². The highest BCUT2D eigenvalue weighted by Crippen LogP contribution is 2.25. The Morgan fingerprint density at radius 2 is 2.11 bits per heavy atom. The fourth-order valence-corrected chi connectivity index (χ4v) is 2.50. The molecule has 1 unspecified atom stereocenters. The minimum absolute atomic E-state index is 0.138. The molecule has 108 valence electrons. The number of rotatable bonds is 8. The monoisotopic (exact) mass is 331 g/mol. The second kappa shape index (κ2) is 7.85. The summed E-state index contributed by atoms with van der Waals surface area (Å²) in [5.74, 6) is 0.818. The lowest BCUT2D eigenvalue weighted by molar-refractivity contribution is 0.0969. The van der Waals surface area contributed by atoms with Gasteiger partial charge in [0.25, 0.3) is 0 Å². The van der Waals surface area contributed by atoms with E-state index in [9.17, 15) is 0 Å². The zero-order valence-electron chi connectivity index (χ0n) is 11.7. The average Bonchev–Trinajstić information content (AvgIpc) is 2.37. The molecule has 0 saturated carbocycles. The number of aliphatic hydroxyl groups is 1. The van der Waals surface area contributed by atoms with Crippen LogP contribution < -0.4 is 10.1 Å². The Hall–Kier alpha value is -0.620. The van der Waals surface area contributed by atoms with Gasteiger partial charge in [-0.05, 0) is 47.0 Å². The molecule has 1 atom stereocenters. The van der Waals surface area contributed by atoms with Crippen LogP contribution in [0.5, 0.6) is 5.75 Å². The van der Waals surface area contributed by atoms with Gasteiger partial charge in [0.15, 0.2) is 0 Å². The lowest BCUT2D eigenvalue weighted by atomic mass is 9.99. The molecule has 0 aliphatic rings. The minimum Gasteiger partial charge on any atom is -0.496 e. The molecule has 0 aromatic heterocycles. The zero-order valence-corrected chi connectivity index (χ0v) is 13.3. The topological polar surface area (TPSA) is 50.7 Å². The van der Waals surface area contributed by atoms with Crippen molar-refractivity contribution in [3.05, 3.63) is 28.2 Å². The molecule has 1 aromatic carbocycles. The third-order valence-electron chi connectivity index (χ3n) is 3.06. The van der Waals surface area contributed by atoms with Crippen LogP contribution in [0.2, 0.25) is 0 Å². The lowest BCUT2D eigenvalue weighted by Gasteiger charge is -2.29. The maximum Gasteiger partial charge on any atom is 0.133 e. The van der Waals surface area contributed by atoms with Crippen LogP contribution in [0.25, 0.3) is 0 Å². The number of hydrogen-bond donors (Lipinski definition) is 2. The summed E-state index contributed by atoms with van der Waals surface area (Å²) in [7, 11) is 3.32. The summed E-state index contributed by atoms with van der Waals surface area (Å²) in [6, 6.07) is 5.97. The van der Waals surface area contributed by atoms with Crippen LogP contribution in [0.3, 0.4) is 0 Å². The van der Waals surface area contributed by atoms with E-state index in [4.69, 9.17) is 14.6 Å². The third kappa shape index (κ3) is 5.10. The molecule has 5 heteroatoms. The number of halogens is 1. The van der Waals surface area contributed by atoms with E-state index in [0.717, 1.165) is 15.8 Å². The summed E-state index contributed by atoms with van der Waals surface area (Å²) in [6.07, 6.45) is 0.651. The first-order chi connectivity index (χ1) is 9.04. The average molecular weight is 332 g/mol. The first-order valence-corrected chi connectivity index (χ1v) is 7.01. The highest BCUT2D eigenvalue weighted by Gasteiger charge is 2.22. The standard InChI is InChI=1S/C14H22BrNO3/c1-14(6-7-17,10-18-2)16-9-11-4-5-13(19-3)12(15)8-11/h4-5,8,16-17H,6-7,9-10H2,1-3H3. The predicted octanol–water partition coefficient (Wildman–Crippen LogP) is 2.33. The van der Waals surface area contributed by atoms with Crippen LogP contribution in [0, 0.1) is 0 Å². The fraction of sp³-hybridized carbons (Fsp3) is 0.571. The summed E-state index contributed by atoms with van der Waals surface area (Å²) >= 11 is 3.47. The van der Waals surface area contributed by atoms with Crippen molar-refractivity contribution < 1.29 is 14.6 Å². The molecule has 19 heavy (non-hydrogen) atoms. The van der Waals surface area contributed by atoms with Crippen molar-refractivity contribution in [2.75, 3.05) is 27.4 Å². The smallest absolute Gasteiger partial charge is 0.133 e. The van der Waals surface area contributed by atoms with Gasteiger partial charge < -0.3 is 19.9 Å². The van der Waals surface area contributed by atoms with Crippen LogP contribution in [-0.4, -0.2) is 38.1 Å². The van der Waals surface area contributed by atoms with Crippen LogP contribution >= 0.6 is 15.9 Å². The summed E-state index contributed by atoms with van der Waals surface area (Å²) in [5, 5.41) is 12.6. The Kier molecular flexibility index (Phi) is 6.79. The van der Waals surface area contributed by atoms with E-state index in [1.165, 1.54) is 0 Å². The highest BCUT2D eigenvalue weighted by molar-refractivity contribution is 9.10. The second-order valence-electron chi connectivity index (χ2n) is 4.79. The molecule has 0 aliphatic heterocycles. The van der Waals surface area contributed by atoms with E-state index < -0.39 is 0 Å². The van der Waals surface area contributed by atoms with Crippen LogP contribution in [0.15, 0.2) is 22.7 Å². The van der Waals surface area contributed by atoms with Crippen molar-refractivity contribution in [2.24, 2.45) is 0 Å². The van der Waals surface area contributed by atoms with Gasteiger partial charge in [0.1, 0.15) is 5.75 Å². The third-order valence-corrected chi connectivity index (χ3v) is 3.68. The Bertz CT molecular complexity index is 392. The van der Waals surface area contributed by atoms with Gasteiger partial charge in [-0.3, -0.25) is 0 Å². The summed E-state index contributed by atoms with van der Waals surface area (Å²) in [4.78, 5) is 0. The number of ether oxygens (including phenoxy) is 2. The van der Waals surface area contributed by atoms with Crippen molar-refractivity contribution in [2.45, 2.75) is 25.4 Å². The van der Waals surface area contributed by atoms with Crippen molar-refractivity contribution in [3.63, 3.8) is 0 Å². The molecule has 0 heterocycles. The van der Waals surface area contributed by atoms with E-state index in [0.29, 0.717) is 19.6 Å². The first-order valence-electron chi connectivity index (χ1n) is 6.22.